The normalized spacial score (nSPS) is 13.2. The number of hydrogen-bond donors (Lipinski definition) is 1. The van der Waals surface area contributed by atoms with Gasteiger partial charge >= 0.3 is 0 Å². The number of hydrogen-bond acceptors (Lipinski definition) is 10. The minimum atomic E-state index is -4.20. The molecule has 14 heteroatoms. The Balaban J connectivity index is 1.82. The third-order valence-corrected chi connectivity index (χ3v) is 7.24. The average molecular weight is 533 g/mol. The molecule has 12 nitrogen and oxygen atoms in total. The number of aryl methyl sites for hydroxylation is 1. The van der Waals surface area contributed by atoms with Gasteiger partial charge in [-0.3, -0.25) is 9.29 Å². The fraction of sp³-hybridized carbons (Fsp3) is 0.304. The topological polar surface area (TPSA) is 143 Å². The van der Waals surface area contributed by atoms with E-state index in [-0.39, 0.29) is 17.6 Å². The molecule has 4 aromatic rings. The molecule has 4 rings (SSSR count). The first kappa shape index (κ1) is 26.0. The van der Waals surface area contributed by atoms with Crippen LogP contribution in [0, 0.1) is 12.7 Å². The molecule has 0 aliphatic carbocycles. The van der Waals surface area contributed by atoms with Gasteiger partial charge in [0.2, 0.25) is 21.8 Å². The van der Waals surface area contributed by atoms with E-state index in [2.05, 4.69) is 24.9 Å². The van der Waals surface area contributed by atoms with Crippen molar-refractivity contribution in [3.05, 3.63) is 60.1 Å². The zero-order valence-electron chi connectivity index (χ0n) is 20.7. The number of para-hydroxylation sites is 1. The Kier molecular flexibility index (Phi) is 7.40. The van der Waals surface area contributed by atoms with Gasteiger partial charge in [-0.15, -0.1) is 10.2 Å². The fourth-order valence-corrected chi connectivity index (χ4v) is 4.82. The SMILES string of the molecule is COc1cccc(OC)c1-n1c(NS(=O)(=O)C(C)C(OC)c2ncc(F)cn2)nnc1-c1ccc(C)o1. The van der Waals surface area contributed by atoms with Gasteiger partial charge in [-0.25, -0.2) is 22.8 Å². The lowest BCUT2D eigenvalue weighted by Gasteiger charge is -2.22. The van der Waals surface area contributed by atoms with Crippen molar-refractivity contribution in [2.24, 2.45) is 0 Å². The predicted octanol–water partition coefficient (Wildman–Crippen LogP) is 3.30. The summed E-state index contributed by atoms with van der Waals surface area (Å²) >= 11 is 0. The molecule has 0 fully saturated rings. The lowest BCUT2D eigenvalue weighted by atomic mass is 10.2. The zero-order chi connectivity index (χ0) is 26.7. The van der Waals surface area contributed by atoms with Gasteiger partial charge < -0.3 is 18.6 Å². The number of nitrogens with zero attached hydrogens (tertiary/aromatic N) is 5. The monoisotopic (exact) mass is 532 g/mol. The first-order chi connectivity index (χ1) is 17.7. The second-order valence-corrected chi connectivity index (χ2v) is 9.91. The van der Waals surface area contributed by atoms with Gasteiger partial charge in [0.15, 0.2) is 17.4 Å². The Labute approximate surface area is 212 Å². The van der Waals surface area contributed by atoms with Gasteiger partial charge in [-0.05, 0) is 38.1 Å². The third kappa shape index (κ3) is 5.11. The van der Waals surface area contributed by atoms with Crippen LogP contribution in [0.4, 0.5) is 10.3 Å². The molecule has 3 heterocycles. The summed E-state index contributed by atoms with van der Waals surface area (Å²) in [4.78, 5) is 7.73. The van der Waals surface area contributed by atoms with Crippen molar-refractivity contribution in [1.82, 2.24) is 24.7 Å². The number of benzene rings is 1. The fourth-order valence-electron chi connectivity index (χ4n) is 3.69. The van der Waals surface area contributed by atoms with Crippen LogP contribution in [0.2, 0.25) is 0 Å². The second-order valence-electron chi connectivity index (χ2n) is 7.87. The van der Waals surface area contributed by atoms with Crippen molar-refractivity contribution in [2.75, 3.05) is 26.1 Å². The van der Waals surface area contributed by atoms with Gasteiger partial charge in [0.25, 0.3) is 0 Å². The number of anilines is 1. The van der Waals surface area contributed by atoms with Crippen LogP contribution in [-0.2, 0) is 14.8 Å². The van der Waals surface area contributed by atoms with Crippen molar-refractivity contribution >= 4 is 16.0 Å². The Hall–Kier alpha value is -4.04. The standard InChI is InChI=1S/C23H25FN6O6S/c1-13-9-10-18(36-13)22-27-28-23(30(22)19-16(33-3)7-6-8-17(19)34-4)29-37(31,32)14(2)20(35-5)21-25-11-15(24)12-26-21/h6-12,14,20H,1-5H3,(H,28,29). The van der Waals surface area contributed by atoms with E-state index in [0.717, 1.165) is 12.4 Å². The Bertz CT molecular complexity index is 1470. The van der Waals surface area contributed by atoms with E-state index < -0.39 is 27.2 Å². The molecule has 2 atom stereocenters. The van der Waals surface area contributed by atoms with E-state index in [9.17, 15) is 12.8 Å². The van der Waals surface area contributed by atoms with Gasteiger partial charge in [-0.2, -0.15) is 0 Å². The Morgan fingerprint density at radius 1 is 1.03 bits per heavy atom. The van der Waals surface area contributed by atoms with Crippen LogP contribution in [0.3, 0.4) is 0 Å². The zero-order valence-corrected chi connectivity index (χ0v) is 21.5. The lowest BCUT2D eigenvalue weighted by molar-refractivity contribution is 0.0948. The van der Waals surface area contributed by atoms with Crippen LogP contribution in [0.15, 0.2) is 47.1 Å². The molecule has 3 aromatic heterocycles. The first-order valence-corrected chi connectivity index (χ1v) is 12.5. The molecular weight excluding hydrogens is 507 g/mol. The quantitative estimate of drug-likeness (QED) is 0.323. The van der Waals surface area contributed by atoms with E-state index in [4.69, 9.17) is 18.6 Å². The van der Waals surface area contributed by atoms with Crippen LogP contribution in [0.25, 0.3) is 17.3 Å². The highest BCUT2D eigenvalue weighted by Crippen LogP contribution is 2.38. The van der Waals surface area contributed by atoms with E-state index in [1.165, 1.54) is 32.8 Å². The molecule has 1 N–H and O–H groups in total. The highest BCUT2D eigenvalue weighted by atomic mass is 32.2. The summed E-state index contributed by atoms with van der Waals surface area (Å²) in [5, 5.41) is 7.06. The number of halogens is 1. The highest BCUT2D eigenvalue weighted by Gasteiger charge is 2.35. The summed E-state index contributed by atoms with van der Waals surface area (Å²) < 4.78 is 66.4. The van der Waals surface area contributed by atoms with E-state index >= 15 is 0 Å². The van der Waals surface area contributed by atoms with Gasteiger partial charge in [0.1, 0.15) is 34.3 Å². The molecule has 1 aromatic carbocycles. The molecule has 0 radical (unpaired) electrons. The molecule has 2 unspecified atom stereocenters. The number of rotatable bonds is 10. The number of methoxy groups -OCH3 is 3. The van der Waals surface area contributed by atoms with E-state index in [1.807, 2.05) is 0 Å². The van der Waals surface area contributed by atoms with Crippen molar-refractivity contribution in [3.63, 3.8) is 0 Å². The van der Waals surface area contributed by atoms with Crippen molar-refractivity contribution in [2.45, 2.75) is 25.2 Å². The average Bonchev–Trinajstić information content (AvgIpc) is 3.50. The maximum absolute atomic E-state index is 13.5. The summed E-state index contributed by atoms with van der Waals surface area (Å²) in [6, 6.07) is 8.52. The summed E-state index contributed by atoms with van der Waals surface area (Å²) in [5.41, 5.74) is 0.345. The number of aromatic nitrogens is 5. The largest absolute Gasteiger partial charge is 0.494 e. The lowest BCUT2D eigenvalue weighted by Crippen LogP contribution is -2.33. The molecule has 0 aliphatic rings. The summed E-state index contributed by atoms with van der Waals surface area (Å²) in [6.07, 6.45) is 0.759. The number of furan rings is 1. The van der Waals surface area contributed by atoms with Gasteiger partial charge in [0, 0.05) is 7.11 Å². The predicted molar refractivity (Wildman–Crippen MR) is 131 cm³/mol. The molecule has 0 bridgehead atoms. The number of nitrogens with one attached hydrogen (secondary N) is 1. The molecule has 0 amide bonds. The summed E-state index contributed by atoms with van der Waals surface area (Å²) in [7, 11) is 0.0467. The van der Waals surface area contributed by atoms with Crippen molar-refractivity contribution in [1.29, 1.82) is 0 Å². The number of sulfonamides is 1. The maximum atomic E-state index is 13.5. The van der Waals surface area contributed by atoms with E-state index in [1.54, 1.807) is 37.3 Å². The van der Waals surface area contributed by atoms with Crippen molar-refractivity contribution < 1.29 is 31.4 Å². The third-order valence-electron chi connectivity index (χ3n) is 5.55. The summed E-state index contributed by atoms with van der Waals surface area (Å²) in [5.74, 6) is 1.08. The summed E-state index contributed by atoms with van der Waals surface area (Å²) in [6.45, 7) is 3.17. The smallest absolute Gasteiger partial charge is 0.243 e. The van der Waals surface area contributed by atoms with Crippen LogP contribution in [-0.4, -0.2) is 59.7 Å². The van der Waals surface area contributed by atoms with Crippen LogP contribution >= 0.6 is 0 Å². The Morgan fingerprint density at radius 3 is 2.22 bits per heavy atom. The van der Waals surface area contributed by atoms with Crippen LogP contribution in [0.1, 0.15) is 24.6 Å². The van der Waals surface area contributed by atoms with Gasteiger partial charge in [0.05, 0.1) is 26.6 Å². The van der Waals surface area contributed by atoms with Crippen molar-refractivity contribution in [3.8, 4) is 28.8 Å². The molecule has 0 aliphatic heterocycles. The molecular formula is C23H25FN6O6S. The Morgan fingerprint density at radius 2 is 1.68 bits per heavy atom. The molecule has 37 heavy (non-hydrogen) atoms. The number of ether oxygens (including phenoxy) is 3. The maximum Gasteiger partial charge on any atom is 0.243 e. The molecule has 0 saturated heterocycles. The first-order valence-electron chi connectivity index (χ1n) is 11.0. The highest BCUT2D eigenvalue weighted by molar-refractivity contribution is 7.93. The minimum Gasteiger partial charge on any atom is -0.494 e. The van der Waals surface area contributed by atoms with Crippen LogP contribution in [0.5, 0.6) is 11.5 Å². The second kappa shape index (κ2) is 10.5. The van der Waals surface area contributed by atoms with E-state index in [0.29, 0.717) is 28.7 Å². The molecule has 0 saturated carbocycles. The van der Waals surface area contributed by atoms with Crippen LogP contribution < -0.4 is 14.2 Å². The molecule has 196 valence electrons. The minimum absolute atomic E-state index is 0.00129. The molecule has 0 spiro atoms. The van der Waals surface area contributed by atoms with Gasteiger partial charge in [-0.1, -0.05) is 6.07 Å².